The lowest BCUT2D eigenvalue weighted by molar-refractivity contribution is 0.0200. The van der Waals surface area contributed by atoms with E-state index in [9.17, 15) is 5.11 Å². The Hall–Kier alpha value is -1.06. The molecule has 1 N–H and O–H groups in total. The van der Waals surface area contributed by atoms with Crippen LogP contribution in [0.1, 0.15) is 25.8 Å². The van der Waals surface area contributed by atoms with Gasteiger partial charge in [-0.15, -0.1) is 0 Å². The molecule has 3 nitrogen and oxygen atoms in total. The largest absolute Gasteiger partial charge is 0.491 e. The van der Waals surface area contributed by atoms with Crippen LogP contribution in [0, 0.1) is 0 Å². The van der Waals surface area contributed by atoms with Crippen LogP contribution in [0.25, 0.3) is 0 Å². The van der Waals surface area contributed by atoms with Crippen molar-refractivity contribution in [3.63, 3.8) is 0 Å². The zero-order valence-electron chi connectivity index (χ0n) is 9.77. The summed E-state index contributed by atoms with van der Waals surface area (Å²) in [6, 6.07) is 7.64. The molecule has 0 spiro atoms. The lowest BCUT2D eigenvalue weighted by Crippen LogP contribution is -2.27. The predicted molar refractivity (Wildman–Crippen MR) is 61.5 cm³/mol. The Morgan fingerprint density at radius 3 is 2.75 bits per heavy atom. The summed E-state index contributed by atoms with van der Waals surface area (Å²) < 4.78 is 11.0. The van der Waals surface area contributed by atoms with Gasteiger partial charge in [-0.3, -0.25) is 0 Å². The Kier molecular flexibility index (Phi) is 3.17. The number of hydrogen-bond donors (Lipinski definition) is 1. The molecular weight excluding hydrogens is 204 g/mol. The van der Waals surface area contributed by atoms with E-state index in [1.165, 1.54) is 0 Å². The Morgan fingerprint density at radius 2 is 2.12 bits per heavy atom. The molecule has 0 amide bonds. The van der Waals surface area contributed by atoms with E-state index < -0.39 is 5.60 Å². The van der Waals surface area contributed by atoms with Gasteiger partial charge >= 0.3 is 0 Å². The second-order valence-electron chi connectivity index (χ2n) is 4.50. The van der Waals surface area contributed by atoms with Crippen LogP contribution in [0.3, 0.4) is 0 Å². The molecule has 88 valence electrons. The smallest absolute Gasteiger partial charge is 0.125 e. The summed E-state index contributed by atoms with van der Waals surface area (Å²) in [5.74, 6) is 0.755. The highest BCUT2D eigenvalue weighted by Gasteiger charge is 2.36. The fourth-order valence-electron chi connectivity index (χ4n) is 1.97. The number of benzene rings is 1. The molecule has 1 saturated heterocycles. The highest BCUT2D eigenvalue weighted by Crippen LogP contribution is 2.36. The summed E-state index contributed by atoms with van der Waals surface area (Å²) in [4.78, 5) is 0. The molecular formula is C13H18O3. The van der Waals surface area contributed by atoms with Gasteiger partial charge in [0.25, 0.3) is 0 Å². The van der Waals surface area contributed by atoms with Gasteiger partial charge in [0.1, 0.15) is 11.4 Å². The third-order valence-electron chi connectivity index (χ3n) is 2.75. The summed E-state index contributed by atoms with van der Waals surface area (Å²) in [7, 11) is 0. The van der Waals surface area contributed by atoms with Gasteiger partial charge in [0.15, 0.2) is 0 Å². The van der Waals surface area contributed by atoms with E-state index in [0.717, 1.165) is 11.3 Å². The summed E-state index contributed by atoms with van der Waals surface area (Å²) >= 11 is 0. The van der Waals surface area contributed by atoms with E-state index in [0.29, 0.717) is 19.6 Å². The van der Waals surface area contributed by atoms with Gasteiger partial charge in [0, 0.05) is 18.6 Å². The molecule has 1 fully saturated rings. The van der Waals surface area contributed by atoms with E-state index in [2.05, 4.69) is 0 Å². The van der Waals surface area contributed by atoms with Crippen LogP contribution in [0.15, 0.2) is 24.3 Å². The first-order valence-corrected chi connectivity index (χ1v) is 5.68. The van der Waals surface area contributed by atoms with Gasteiger partial charge in [-0.1, -0.05) is 18.2 Å². The van der Waals surface area contributed by atoms with E-state index in [1.54, 1.807) is 0 Å². The fraction of sp³-hybridized carbons (Fsp3) is 0.538. The molecule has 0 aromatic heterocycles. The van der Waals surface area contributed by atoms with Crippen molar-refractivity contribution < 1.29 is 14.6 Å². The molecule has 0 saturated carbocycles. The first-order valence-electron chi connectivity index (χ1n) is 5.68. The quantitative estimate of drug-likeness (QED) is 0.851. The second kappa shape index (κ2) is 4.44. The monoisotopic (exact) mass is 222 g/mol. The molecule has 1 aromatic carbocycles. The SMILES string of the molecule is CC(C)Oc1ccccc1C1(O)CCOC1. The highest BCUT2D eigenvalue weighted by molar-refractivity contribution is 5.38. The molecule has 1 heterocycles. The summed E-state index contributed by atoms with van der Waals surface area (Å²) in [5, 5.41) is 10.5. The van der Waals surface area contributed by atoms with E-state index >= 15 is 0 Å². The zero-order chi connectivity index (χ0) is 11.6. The van der Waals surface area contributed by atoms with Crippen molar-refractivity contribution in [1.29, 1.82) is 0 Å². The van der Waals surface area contributed by atoms with Gasteiger partial charge in [0.05, 0.1) is 12.7 Å². The number of aliphatic hydroxyl groups is 1. The normalized spacial score (nSPS) is 25.0. The van der Waals surface area contributed by atoms with Crippen molar-refractivity contribution >= 4 is 0 Å². The Morgan fingerprint density at radius 1 is 1.38 bits per heavy atom. The first kappa shape index (κ1) is 11.4. The number of ether oxygens (including phenoxy) is 2. The van der Waals surface area contributed by atoms with Crippen LogP contribution in [0.5, 0.6) is 5.75 Å². The van der Waals surface area contributed by atoms with Crippen molar-refractivity contribution in [1.82, 2.24) is 0 Å². The van der Waals surface area contributed by atoms with Crippen molar-refractivity contribution in [2.75, 3.05) is 13.2 Å². The zero-order valence-corrected chi connectivity index (χ0v) is 9.77. The molecule has 0 aliphatic carbocycles. The summed E-state index contributed by atoms with van der Waals surface area (Å²) in [5.41, 5.74) is -0.0490. The van der Waals surface area contributed by atoms with Gasteiger partial charge in [-0.2, -0.15) is 0 Å². The van der Waals surface area contributed by atoms with Crippen molar-refractivity contribution in [2.24, 2.45) is 0 Å². The second-order valence-corrected chi connectivity index (χ2v) is 4.50. The molecule has 1 aromatic rings. The van der Waals surface area contributed by atoms with Crippen LogP contribution in [0.4, 0.5) is 0 Å². The Balaban J connectivity index is 2.32. The third-order valence-corrected chi connectivity index (χ3v) is 2.75. The molecule has 0 radical (unpaired) electrons. The summed E-state index contributed by atoms with van der Waals surface area (Å²) in [6.45, 7) is 4.91. The van der Waals surface area contributed by atoms with Crippen LogP contribution in [-0.4, -0.2) is 24.4 Å². The molecule has 2 rings (SSSR count). The lowest BCUT2D eigenvalue weighted by Gasteiger charge is -2.24. The van der Waals surface area contributed by atoms with E-state index in [1.807, 2.05) is 38.1 Å². The molecule has 0 bridgehead atoms. The standard InChI is InChI=1S/C13H18O3/c1-10(2)16-12-6-4-3-5-11(12)13(14)7-8-15-9-13/h3-6,10,14H,7-9H2,1-2H3. The minimum Gasteiger partial charge on any atom is -0.491 e. The average molecular weight is 222 g/mol. The third kappa shape index (κ3) is 2.20. The van der Waals surface area contributed by atoms with E-state index in [-0.39, 0.29) is 6.10 Å². The molecule has 1 atom stereocenters. The minimum absolute atomic E-state index is 0.104. The maximum atomic E-state index is 10.5. The maximum Gasteiger partial charge on any atom is 0.125 e. The average Bonchev–Trinajstić information content (AvgIpc) is 2.66. The number of rotatable bonds is 3. The van der Waals surface area contributed by atoms with Gasteiger partial charge < -0.3 is 14.6 Å². The Bertz CT molecular complexity index is 354. The number of para-hydroxylation sites is 1. The summed E-state index contributed by atoms with van der Waals surface area (Å²) in [6.07, 6.45) is 0.734. The lowest BCUT2D eigenvalue weighted by atomic mass is 9.92. The highest BCUT2D eigenvalue weighted by atomic mass is 16.5. The van der Waals surface area contributed by atoms with Gasteiger partial charge in [-0.05, 0) is 19.9 Å². The molecule has 3 heteroatoms. The maximum absolute atomic E-state index is 10.5. The first-order chi connectivity index (χ1) is 7.62. The van der Waals surface area contributed by atoms with Crippen molar-refractivity contribution in [3.8, 4) is 5.75 Å². The molecule has 1 unspecified atom stereocenters. The minimum atomic E-state index is -0.883. The fourth-order valence-corrected chi connectivity index (χ4v) is 1.97. The molecule has 1 aliphatic heterocycles. The van der Waals surface area contributed by atoms with Gasteiger partial charge in [0.2, 0.25) is 0 Å². The topological polar surface area (TPSA) is 38.7 Å². The molecule has 16 heavy (non-hydrogen) atoms. The van der Waals surface area contributed by atoms with Crippen LogP contribution in [-0.2, 0) is 10.3 Å². The van der Waals surface area contributed by atoms with E-state index in [4.69, 9.17) is 9.47 Å². The van der Waals surface area contributed by atoms with Crippen LogP contribution < -0.4 is 4.74 Å². The van der Waals surface area contributed by atoms with Gasteiger partial charge in [-0.25, -0.2) is 0 Å². The number of hydrogen-bond acceptors (Lipinski definition) is 3. The van der Waals surface area contributed by atoms with Crippen molar-refractivity contribution in [3.05, 3.63) is 29.8 Å². The Labute approximate surface area is 96.0 Å². The predicted octanol–water partition coefficient (Wildman–Crippen LogP) is 2.08. The van der Waals surface area contributed by atoms with Crippen molar-refractivity contribution in [2.45, 2.75) is 32.0 Å². The molecule has 1 aliphatic rings. The van der Waals surface area contributed by atoms with Crippen LogP contribution >= 0.6 is 0 Å². The van der Waals surface area contributed by atoms with Crippen LogP contribution in [0.2, 0.25) is 0 Å².